The van der Waals surface area contributed by atoms with Crippen molar-refractivity contribution in [2.24, 2.45) is 0 Å². The van der Waals surface area contributed by atoms with Crippen LogP contribution in [-0.4, -0.2) is 31.7 Å². The minimum Gasteiger partial charge on any atom is -0.322 e. The summed E-state index contributed by atoms with van der Waals surface area (Å²) >= 11 is 5.95. The number of hydrogen-bond donors (Lipinski definition) is 1. The highest BCUT2D eigenvalue weighted by molar-refractivity contribution is 7.89. The van der Waals surface area contributed by atoms with Crippen molar-refractivity contribution in [3.8, 4) is 0 Å². The lowest BCUT2D eigenvalue weighted by Gasteiger charge is -2.26. The maximum Gasteiger partial charge on any atom is 0.255 e. The Kier molecular flexibility index (Phi) is 5.89. The van der Waals surface area contributed by atoms with Crippen molar-refractivity contribution in [1.82, 2.24) is 4.31 Å². The molecule has 0 aliphatic carbocycles. The molecule has 0 unspecified atom stereocenters. The van der Waals surface area contributed by atoms with Crippen molar-refractivity contribution >= 4 is 33.2 Å². The first kappa shape index (κ1) is 19.9. The molecule has 1 heterocycles. The Bertz CT molecular complexity index is 967. The summed E-state index contributed by atoms with van der Waals surface area (Å²) in [5.74, 6) is -0.351. The molecule has 0 radical (unpaired) electrons. The van der Waals surface area contributed by atoms with Gasteiger partial charge in [0.15, 0.2) is 0 Å². The Hall–Kier alpha value is -1.89. The number of nitrogens with zero attached hydrogens (tertiary/aromatic N) is 1. The molecule has 144 valence electrons. The zero-order valence-corrected chi connectivity index (χ0v) is 17.0. The summed E-state index contributed by atoms with van der Waals surface area (Å²) in [4.78, 5) is 12.9. The fourth-order valence-corrected chi connectivity index (χ4v) is 5.22. The van der Waals surface area contributed by atoms with Crippen LogP contribution in [0.3, 0.4) is 0 Å². The highest BCUT2D eigenvalue weighted by Gasteiger charge is 2.28. The topological polar surface area (TPSA) is 66.5 Å². The van der Waals surface area contributed by atoms with Gasteiger partial charge in [-0.05, 0) is 68.1 Å². The van der Waals surface area contributed by atoms with Crippen LogP contribution in [0.1, 0.15) is 40.7 Å². The SMILES string of the molecule is Cc1cc(Cl)ccc1NC(=O)c1ccc(C)c(S(=O)(=O)N2CCCCC2)c1. The quantitative estimate of drug-likeness (QED) is 0.819. The van der Waals surface area contributed by atoms with Gasteiger partial charge >= 0.3 is 0 Å². The zero-order valence-electron chi connectivity index (χ0n) is 15.5. The smallest absolute Gasteiger partial charge is 0.255 e. The van der Waals surface area contributed by atoms with Gasteiger partial charge in [0.1, 0.15) is 0 Å². The molecule has 1 aliphatic heterocycles. The van der Waals surface area contributed by atoms with Gasteiger partial charge in [0.2, 0.25) is 10.0 Å². The van der Waals surface area contributed by atoms with Crippen LogP contribution in [0, 0.1) is 13.8 Å². The molecule has 2 aromatic rings. The molecular weight excluding hydrogens is 384 g/mol. The first-order valence-electron chi connectivity index (χ1n) is 8.97. The number of hydrogen-bond acceptors (Lipinski definition) is 3. The van der Waals surface area contributed by atoms with Gasteiger partial charge in [0.25, 0.3) is 5.91 Å². The summed E-state index contributed by atoms with van der Waals surface area (Å²) in [6, 6.07) is 9.99. The third-order valence-electron chi connectivity index (χ3n) is 4.82. The first-order chi connectivity index (χ1) is 12.8. The number of carbonyl (C=O) groups is 1. The van der Waals surface area contributed by atoms with Crippen LogP contribution in [-0.2, 0) is 10.0 Å². The second kappa shape index (κ2) is 8.00. The molecule has 0 spiro atoms. The van der Waals surface area contributed by atoms with Crippen LogP contribution < -0.4 is 5.32 Å². The van der Waals surface area contributed by atoms with E-state index in [0.717, 1.165) is 24.8 Å². The lowest BCUT2D eigenvalue weighted by molar-refractivity contribution is 0.102. The highest BCUT2D eigenvalue weighted by Crippen LogP contribution is 2.25. The van der Waals surface area contributed by atoms with Crippen LogP contribution >= 0.6 is 11.6 Å². The van der Waals surface area contributed by atoms with E-state index in [1.165, 1.54) is 10.4 Å². The van der Waals surface area contributed by atoms with E-state index in [4.69, 9.17) is 11.6 Å². The van der Waals surface area contributed by atoms with Crippen molar-refractivity contribution in [2.75, 3.05) is 18.4 Å². The number of halogens is 1. The molecule has 1 saturated heterocycles. The van der Waals surface area contributed by atoms with Crippen LogP contribution in [0.2, 0.25) is 5.02 Å². The van der Waals surface area contributed by atoms with E-state index in [0.29, 0.717) is 34.9 Å². The van der Waals surface area contributed by atoms with Crippen molar-refractivity contribution in [2.45, 2.75) is 38.0 Å². The average Bonchev–Trinajstić information content (AvgIpc) is 2.65. The first-order valence-corrected chi connectivity index (χ1v) is 10.8. The molecule has 0 atom stereocenters. The lowest BCUT2D eigenvalue weighted by Crippen LogP contribution is -2.36. The molecule has 2 aromatic carbocycles. The number of amides is 1. The molecular formula is C20H23ClN2O3S. The average molecular weight is 407 g/mol. The van der Waals surface area contributed by atoms with E-state index in [-0.39, 0.29) is 10.8 Å². The third-order valence-corrected chi connectivity index (χ3v) is 7.10. The van der Waals surface area contributed by atoms with Gasteiger partial charge in [-0.2, -0.15) is 4.31 Å². The van der Waals surface area contributed by atoms with E-state index in [2.05, 4.69) is 5.32 Å². The summed E-state index contributed by atoms with van der Waals surface area (Å²) in [6.07, 6.45) is 2.79. The molecule has 0 aromatic heterocycles. The number of aryl methyl sites for hydroxylation is 2. The van der Waals surface area contributed by atoms with Gasteiger partial charge < -0.3 is 5.32 Å². The van der Waals surface area contributed by atoms with Crippen LogP contribution in [0.25, 0.3) is 0 Å². The summed E-state index contributed by atoms with van der Waals surface area (Å²) in [7, 11) is -3.60. The molecule has 1 N–H and O–H groups in total. The maximum absolute atomic E-state index is 13.0. The molecule has 1 amide bonds. The fourth-order valence-electron chi connectivity index (χ4n) is 3.23. The van der Waals surface area contributed by atoms with Crippen molar-refractivity contribution in [3.05, 3.63) is 58.1 Å². The van der Waals surface area contributed by atoms with Crippen LogP contribution in [0.5, 0.6) is 0 Å². The maximum atomic E-state index is 13.0. The molecule has 1 fully saturated rings. The molecule has 1 aliphatic rings. The Morgan fingerprint density at radius 3 is 2.37 bits per heavy atom. The van der Waals surface area contributed by atoms with E-state index < -0.39 is 10.0 Å². The third kappa shape index (κ3) is 4.34. The molecule has 0 bridgehead atoms. The lowest BCUT2D eigenvalue weighted by atomic mass is 10.1. The molecule has 7 heteroatoms. The van der Waals surface area contributed by atoms with Crippen molar-refractivity contribution in [1.29, 1.82) is 0 Å². The number of piperidine rings is 1. The van der Waals surface area contributed by atoms with Crippen molar-refractivity contribution < 1.29 is 13.2 Å². The van der Waals surface area contributed by atoms with Gasteiger partial charge in [-0.1, -0.05) is 24.1 Å². The number of nitrogens with one attached hydrogen (secondary N) is 1. The number of carbonyl (C=O) groups excluding carboxylic acids is 1. The van der Waals surface area contributed by atoms with E-state index in [9.17, 15) is 13.2 Å². The summed E-state index contributed by atoms with van der Waals surface area (Å²) in [5, 5.41) is 3.42. The predicted octanol–water partition coefficient (Wildman–Crippen LogP) is 4.38. The molecule has 5 nitrogen and oxygen atoms in total. The minimum atomic E-state index is -3.60. The van der Waals surface area contributed by atoms with Crippen LogP contribution in [0.15, 0.2) is 41.3 Å². The van der Waals surface area contributed by atoms with Crippen LogP contribution in [0.4, 0.5) is 5.69 Å². The van der Waals surface area contributed by atoms with Crippen molar-refractivity contribution in [3.63, 3.8) is 0 Å². The zero-order chi connectivity index (χ0) is 19.6. The van der Waals surface area contributed by atoms with E-state index >= 15 is 0 Å². The molecule has 27 heavy (non-hydrogen) atoms. The van der Waals surface area contributed by atoms with Gasteiger partial charge in [0, 0.05) is 29.4 Å². The number of anilines is 1. The van der Waals surface area contributed by atoms with E-state index in [1.54, 1.807) is 37.3 Å². The summed E-state index contributed by atoms with van der Waals surface area (Å²) < 4.78 is 27.5. The summed E-state index contributed by atoms with van der Waals surface area (Å²) in [5.41, 5.74) is 2.43. The summed E-state index contributed by atoms with van der Waals surface area (Å²) in [6.45, 7) is 4.66. The largest absolute Gasteiger partial charge is 0.322 e. The highest BCUT2D eigenvalue weighted by atomic mass is 35.5. The second-order valence-corrected chi connectivity index (χ2v) is 9.20. The van der Waals surface area contributed by atoms with Gasteiger partial charge in [-0.25, -0.2) is 8.42 Å². The normalized spacial score (nSPS) is 15.5. The number of rotatable bonds is 4. The fraction of sp³-hybridized carbons (Fsp3) is 0.350. The number of sulfonamides is 1. The number of benzene rings is 2. The van der Waals surface area contributed by atoms with Gasteiger partial charge in [-0.15, -0.1) is 0 Å². The van der Waals surface area contributed by atoms with Gasteiger partial charge in [0.05, 0.1) is 4.90 Å². The Labute approximate surface area is 165 Å². The van der Waals surface area contributed by atoms with E-state index in [1.807, 2.05) is 6.92 Å². The Balaban J connectivity index is 1.89. The molecule has 0 saturated carbocycles. The Morgan fingerprint density at radius 1 is 1.00 bits per heavy atom. The minimum absolute atomic E-state index is 0.199. The second-order valence-electron chi connectivity index (χ2n) is 6.86. The standard InChI is InChI=1S/C20H23ClN2O3S/c1-14-6-7-16(20(24)22-18-9-8-17(21)12-15(18)2)13-19(14)27(25,26)23-10-4-3-5-11-23/h6-9,12-13H,3-5,10-11H2,1-2H3,(H,22,24). The monoisotopic (exact) mass is 406 g/mol. The Morgan fingerprint density at radius 2 is 1.70 bits per heavy atom. The predicted molar refractivity (Wildman–Crippen MR) is 108 cm³/mol. The van der Waals surface area contributed by atoms with Gasteiger partial charge in [-0.3, -0.25) is 4.79 Å². The molecule has 3 rings (SSSR count).